The van der Waals surface area contributed by atoms with Gasteiger partial charge in [-0.05, 0) is 50.1 Å². The molecule has 2 N–H and O–H groups in total. The molecular formula is C21H22N4O2S2. The summed E-state index contributed by atoms with van der Waals surface area (Å²) < 4.78 is 0.738. The van der Waals surface area contributed by atoms with Crippen LogP contribution in [0, 0.1) is 0 Å². The van der Waals surface area contributed by atoms with E-state index in [1.807, 2.05) is 25.1 Å². The molecule has 1 amide bonds. The second-order valence-corrected chi connectivity index (χ2v) is 8.98. The molecule has 8 heteroatoms. The predicted octanol–water partition coefficient (Wildman–Crippen LogP) is 4.51. The van der Waals surface area contributed by atoms with Crippen LogP contribution in [-0.4, -0.2) is 33.7 Å². The van der Waals surface area contributed by atoms with Crippen molar-refractivity contribution in [3.05, 3.63) is 65.7 Å². The number of benzene rings is 2. The van der Waals surface area contributed by atoms with Crippen LogP contribution >= 0.6 is 23.1 Å². The van der Waals surface area contributed by atoms with Crippen molar-refractivity contribution >= 4 is 45.6 Å². The molecule has 150 valence electrons. The molecule has 1 unspecified atom stereocenters. The van der Waals surface area contributed by atoms with Gasteiger partial charge in [0.1, 0.15) is 0 Å². The lowest BCUT2D eigenvalue weighted by Crippen LogP contribution is -2.22. The summed E-state index contributed by atoms with van der Waals surface area (Å²) in [6.45, 7) is 4.11. The summed E-state index contributed by atoms with van der Waals surface area (Å²) in [5, 5.41) is 14.8. The molecule has 0 bridgehead atoms. The Bertz CT molecular complexity index is 958. The van der Waals surface area contributed by atoms with Crippen molar-refractivity contribution < 1.29 is 9.59 Å². The number of ketones is 1. The van der Waals surface area contributed by atoms with E-state index in [0.29, 0.717) is 11.3 Å². The van der Waals surface area contributed by atoms with Crippen molar-refractivity contribution in [2.75, 3.05) is 17.2 Å². The molecule has 1 aromatic heterocycles. The van der Waals surface area contributed by atoms with Crippen LogP contribution in [0.4, 0.5) is 10.8 Å². The smallest absolute Gasteiger partial charge is 0.237 e. The molecule has 1 atom stereocenters. The number of thioether (sulfide) groups is 1. The first-order valence-corrected chi connectivity index (χ1v) is 10.9. The van der Waals surface area contributed by atoms with Gasteiger partial charge in [0.25, 0.3) is 0 Å². The van der Waals surface area contributed by atoms with Crippen molar-refractivity contribution in [2.45, 2.75) is 29.9 Å². The van der Waals surface area contributed by atoms with Crippen LogP contribution in [0.15, 0.2) is 58.9 Å². The summed E-state index contributed by atoms with van der Waals surface area (Å²) in [6, 6.07) is 17.1. The fourth-order valence-corrected chi connectivity index (χ4v) is 4.45. The van der Waals surface area contributed by atoms with Gasteiger partial charge < -0.3 is 10.6 Å². The Balaban J connectivity index is 1.46. The van der Waals surface area contributed by atoms with Crippen molar-refractivity contribution in [3.8, 4) is 0 Å². The Morgan fingerprint density at radius 2 is 1.79 bits per heavy atom. The minimum absolute atomic E-state index is 0.00347. The van der Waals surface area contributed by atoms with E-state index in [4.69, 9.17) is 0 Å². The van der Waals surface area contributed by atoms with Crippen LogP contribution < -0.4 is 10.6 Å². The summed E-state index contributed by atoms with van der Waals surface area (Å²) in [7, 11) is 0. The third-order valence-corrected chi connectivity index (χ3v) is 6.21. The van der Waals surface area contributed by atoms with Gasteiger partial charge >= 0.3 is 0 Å². The minimum Gasteiger partial charge on any atom is -0.360 e. The topological polar surface area (TPSA) is 84.0 Å². The summed E-state index contributed by atoms with van der Waals surface area (Å²) in [4.78, 5) is 23.7. The lowest BCUT2D eigenvalue weighted by molar-refractivity contribution is -0.115. The second-order valence-electron chi connectivity index (χ2n) is 6.42. The Morgan fingerprint density at radius 1 is 1.07 bits per heavy atom. The Morgan fingerprint density at radius 3 is 2.48 bits per heavy atom. The number of anilines is 2. The third kappa shape index (κ3) is 6.40. The van der Waals surface area contributed by atoms with Crippen LogP contribution in [0.25, 0.3) is 0 Å². The highest BCUT2D eigenvalue weighted by atomic mass is 32.2. The number of nitrogens with zero attached hydrogens (tertiary/aromatic N) is 2. The number of carbonyl (C=O) groups is 2. The highest BCUT2D eigenvalue weighted by molar-refractivity contribution is 8.02. The standard InChI is InChI=1S/C21H22N4O2S2/c1-14(26)17-8-10-18(11-9-17)23-19(27)15(2)28-21-25-24-20(29-21)22-13-12-16-6-4-3-5-7-16/h3-11,15H,12-13H2,1-2H3,(H,22,24)(H,23,27). The molecule has 0 spiro atoms. The van der Waals surface area contributed by atoms with Crippen molar-refractivity contribution in [3.63, 3.8) is 0 Å². The number of carbonyl (C=O) groups excluding carboxylic acids is 2. The van der Waals surface area contributed by atoms with Gasteiger partial charge in [0.05, 0.1) is 5.25 Å². The van der Waals surface area contributed by atoms with E-state index in [1.165, 1.54) is 35.6 Å². The first-order valence-electron chi connectivity index (χ1n) is 9.21. The van der Waals surface area contributed by atoms with Crippen LogP contribution in [0.1, 0.15) is 29.8 Å². The Labute approximate surface area is 178 Å². The highest BCUT2D eigenvalue weighted by Crippen LogP contribution is 2.29. The minimum atomic E-state index is -0.326. The maximum atomic E-state index is 12.4. The van der Waals surface area contributed by atoms with Crippen LogP contribution in [-0.2, 0) is 11.2 Å². The zero-order valence-electron chi connectivity index (χ0n) is 16.2. The molecule has 29 heavy (non-hydrogen) atoms. The number of Topliss-reactive ketones (excluding diaryl/α,β-unsaturated/α-hetero) is 1. The van der Waals surface area contributed by atoms with Crippen LogP contribution in [0.2, 0.25) is 0 Å². The SMILES string of the molecule is CC(=O)c1ccc(NC(=O)C(C)Sc2nnc(NCCc3ccccc3)s2)cc1. The number of hydrogen-bond donors (Lipinski definition) is 2. The van der Waals surface area contributed by atoms with Crippen molar-refractivity contribution in [1.29, 1.82) is 0 Å². The molecule has 0 aliphatic heterocycles. The van der Waals surface area contributed by atoms with Gasteiger partial charge in [-0.1, -0.05) is 53.4 Å². The normalized spacial score (nSPS) is 11.7. The van der Waals surface area contributed by atoms with Crippen LogP contribution in [0.5, 0.6) is 0 Å². The molecule has 0 aliphatic rings. The Kier molecular flexibility index (Phi) is 7.37. The van der Waals surface area contributed by atoms with E-state index in [1.54, 1.807) is 24.3 Å². The van der Waals surface area contributed by atoms with Crippen LogP contribution in [0.3, 0.4) is 0 Å². The first-order chi connectivity index (χ1) is 14.0. The van der Waals surface area contributed by atoms with Crippen molar-refractivity contribution in [2.24, 2.45) is 0 Å². The summed E-state index contributed by atoms with van der Waals surface area (Å²) in [5.41, 5.74) is 2.54. The number of nitrogens with one attached hydrogen (secondary N) is 2. The number of amides is 1. The Hall–Kier alpha value is -2.71. The molecule has 0 saturated carbocycles. The molecule has 3 aromatic rings. The van der Waals surface area contributed by atoms with E-state index in [0.717, 1.165) is 22.4 Å². The predicted molar refractivity (Wildman–Crippen MR) is 119 cm³/mol. The van der Waals surface area contributed by atoms with E-state index in [9.17, 15) is 9.59 Å². The average Bonchev–Trinajstić information content (AvgIpc) is 3.16. The maximum absolute atomic E-state index is 12.4. The lowest BCUT2D eigenvalue weighted by Gasteiger charge is -2.10. The zero-order valence-corrected chi connectivity index (χ0v) is 17.8. The number of rotatable bonds is 9. The molecule has 0 fully saturated rings. The molecule has 6 nitrogen and oxygen atoms in total. The molecule has 3 rings (SSSR count). The summed E-state index contributed by atoms with van der Waals surface area (Å²) in [6.07, 6.45) is 0.907. The largest absolute Gasteiger partial charge is 0.360 e. The summed E-state index contributed by atoms with van der Waals surface area (Å²) >= 11 is 2.81. The average molecular weight is 427 g/mol. The quantitative estimate of drug-likeness (QED) is 0.387. The molecule has 0 saturated heterocycles. The lowest BCUT2D eigenvalue weighted by atomic mass is 10.1. The van der Waals surface area contributed by atoms with E-state index < -0.39 is 0 Å². The molecule has 1 heterocycles. The van der Waals surface area contributed by atoms with Gasteiger partial charge in [-0.2, -0.15) is 0 Å². The van der Waals surface area contributed by atoms with Crippen molar-refractivity contribution in [1.82, 2.24) is 10.2 Å². The second kappa shape index (κ2) is 10.2. The van der Waals surface area contributed by atoms with Gasteiger partial charge in [-0.15, -0.1) is 10.2 Å². The maximum Gasteiger partial charge on any atom is 0.237 e. The van der Waals surface area contributed by atoms with E-state index in [2.05, 4.69) is 33.0 Å². The fourth-order valence-electron chi connectivity index (χ4n) is 2.52. The molecule has 2 aromatic carbocycles. The van der Waals surface area contributed by atoms with Gasteiger partial charge in [0.2, 0.25) is 11.0 Å². The molecule has 0 radical (unpaired) electrons. The molecule has 0 aliphatic carbocycles. The number of aromatic nitrogens is 2. The van der Waals surface area contributed by atoms with E-state index >= 15 is 0 Å². The summed E-state index contributed by atoms with van der Waals surface area (Å²) in [5.74, 6) is -0.129. The first kappa shape index (κ1) is 21.0. The van der Waals surface area contributed by atoms with E-state index in [-0.39, 0.29) is 16.9 Å². The monoisotopic (exact) mass is 426 g/mol. The highest BCUT2D eigenvalue weighted by Gasteiger charge is 2.17. The zero-order chi connectivity index (χ0) is 20.6. The number of hydrogen-bond acceptors (Lipinski definition) is 7. The van der Waals surface area contributed by atoms with Gasteiger partial charge in [-0.3, -0.25) is 9.59 Å². The van der Waals surface area contributed by atoms with Gasteiger partial charge in [0.15, 0.2) is 10.1 Å². The fraction of sp³-hybridized carbons (Fsp3) is 0.238. The third-order valence-electron chi connectivity index (χ3n) is 4.14. The van der Waals surface area contributed by atoms with Gasteiger partial charge in [0, 0.05) is 17.8 Å². The van der Waals surface area contributed by atoms with Gasteiger partial charge in [-0.25, -0.2) is 0 Å². The molecular weight excluding hydrogens is 404 g/mol.